The minimum absolute atomic E-state index is 0.0324. The van der Waals surface area contributed by atoms with Crippen molar-refractivity contribution >= 4 is 56.4 Å². The Bertz CT molecular complexity index is 1420. The quantitative estimate of drug-likeness (QED) is 0.344. The summed E-state index contributed by atoms with van der Waals surface area (Å²) in [5.74, 6) is -0.775. The van der Waals surface area contributed by atoms with Gasteiger partial charge in [0.1, 0.15) is 11.3 Å². The van der Waals surface area contributed by atoms with Gasteiger partial charge in [-0.25, -0.2) is 4.98 Å². The van der Waals surface area contributed by atoms with E-state index in [9.17, 15) is 9.59 Å². The number of thiophene rings is 1. The molecule has 0 aliphatic carbocycles. The first-order valence-electron chi connectivity index (χ1n) is 9.64. The van der Waals surface area contributed by atoms with Crippen LogP contribution < -0.4 is 10.6 Å². The molecule has 0 saturated heterocycles. The number of carbonyl (C=O) groups excluding carboxylic acids is 2. The van der Waals surface area contributed by atoms with Crippen LogP contribution in [0.15, 0.2) is 70.7 Å². The zero-order valence-electron chi connectivity index (χ0n) is 16.8. The van der Waals surface area contributed by atoms with Gasteiger partial charge in [-0.05, 0) is 60.3 Å². The molecule has 0 bridgehead atoms. The summed E-state index contributed by atoms with van der Waals surface area (Å²) in [6.07, 6.45) is 1.21. The summed E-state index contributed by atoms with van der Waals surface area (Å²) in [4.78, 5) is 33.8. The van der Waals surface area contributed by atoms with Crippen molar-refractivity contribution in [3.8, 4) is 10.6 Å². The van der Waals surface area contributed by atoms with E-state index < -0.39 is 5.91 Å². The number of hydrogen-bond donors (Lipinski definition) is 2. The van der Waals surface area contributed by atoms with Gasteiger partial charge in [-0.2, -0.15) is 4.98 Å². The van der Waals surface area contributed by atoms with Crippen molar-refractivity contribution in [2.45, 2.75) is 6.92 Å². The van der Waals surface area contributed by atoms with Crippen LogP contribution in [0.25, 0.3) is 20.8 Å². The number of hydrogen-bond acceptors (Lipinski definition) is 7. The van der Waals surface area contributed by atoms with Crippen LogP contribution in [0.1, 0.15) is 25.7 Å². The lowest BCUT2D eigenvalue weighted by Gasteiger charge is -2.03. The number of aromatic nitrogens is 2. The monoisotopic (exact) mass is 460 g/mol. The highest BCUT2D eigenvalue weighted by atomic mass is 32.1. The fourth-order valence-electron chi connectivity index (χ4n) is 3.05. The number of nitrogens with zero attached hydrogens (tertiary/aromatic N) is 2. The van der Waals surface area contributed by atoms with Gasteiger partial charge >= 0.3 is 6.01 Å². The van der Waals surface area contributed by atoms with E-state index >= 15 is 0 Å². The molecule has 7 nitrogen and oxygen atoms in total. The number of amides is 2. The van der Waals surface area contributed by atoms with E-state index in [0.717, 1.165) is 20.8 Å². The smallest absolute Gasteiger partial charge is 0.302 e. The van der Waals surface area contributed by atoms with Crippen LogP contribution in [0.3, 0.4) is 0 Å². The van der Waals surface area contributed by atoms with Gasteiger partial charge < -0.3 is 9.73 Å². The number of aryl methyl sites for hydroxylation is 1. The maximum atomic E-state index is 12.5. The molecule has 5 rings (SSSR count). The normalized spacial score (nSPS) is 10.9. The minimum Gasteiger partial charge on any atom is -0.431 e. The van der Waals surface area contributed by atoms with E-state index in [1.165, 1.54) is 23.2 Å². The predicted molar refractivity (Wildman–Crippen MR) is 127 cm³/mol. The zero-order chi connectivity index (χ0) is 22.1. The fraction of sp³-hybridized carbons (Fsp3) is 0.0435. The molecule has 0 aliphatic rings. The Kier molecular flexibility index (Phi) is 5.26. The number of anilines is 2. The molecule has 0 atom stereocenters. The molecule has 9 heteroatoms. The van der Waals surface area contributed by atoms with E-state index in [2.05, 4.69) is 33.6 Å². The summed E-state index contributed by atoms with van der Waals surface area (Å²) >= 11 is 2.93. The SMILES string of the molecule is Cc1ccc2nc(-c3ccc(NC(=O)c4coc(NC(=O)c5cccs5)n4)cc3)sc2c1. The van der Waals surface area contributed by atoms with Crippen LogP contribution in [0.5, 0.6) is 0 Å². The first-order valence-corrected chi connectivity index (χ1v) is 11.3. The number of rotatable bonds is 5. The largest absolute Gasteiger partial charge is 0.431 e. The summed E-state index contributed by atoms with van der Waals surface area (Å²) < 4.78 is 6.34. The van der Waals surface area contributed by atoms with E-state index in [-0.39, 0.29) is 17.6 Å². The first kappa shape index (κ1) is 20.1. The highest BCUT2D eigenvalue weighted by Crippen LogP contribution is 2.31. The van der Waals surface area contributed by atoms with Crippen molar-refractivity contribution in [1.29, 1.82) is 0 Å². The Morgan fingerprint density at radius 1 is 0.969 bits per heavy atom. The van der Waals surface area contributed by atoms with E-state index in [1.54, 1.807) is 28.8 Å². The Labute approximate surface area is 190 Å². The lowest BCUT2D eigenvalue weighted by atomic mass is 10.2. The summed E-state index contributed by atoms with van der Waals surface area (Å²) in [6, 6.07) is 17.1. The summed E-state index contributed by atoms with van der Waals surface area (Å²) in [7, 11) is 0. The predicted octanol–water partition coefficient (Wildman–Crippen LogP) is 5.83. The van der Waals surface area contributed by atoms with Gasteiger partial charge in [0.15, 0.2) is 5.69 Å². The molecule has 0 spiro atoms. The summed E-state index contributed by atoms with van der Waals surface area (Å²) in [5.41, 5.74) is 3.83. The van der Waals surface area contributed by atoms with Gasteiger partial charge in [-0.15, -0.1) is 22.7 Å². The van der Waals surface area contributed by atoms with Crippen LogP contribution in [-0.4, -0.2) is 21.8 Å². The number of thiazole rings is 1. The van der Waals surface area contributed by atoms with Crippen molar-refractivity contribution in [2.24, 2.45) is 0 Å². The molecule has 3 heterocycles. The first-order chi connectivity index (χ1) is 15.5. The maximum absolute atomic E-state index is 12.5. The molecule has 3 aromatic heterocycles. The van der Waals surface area contributed by atoms with Gasteiger partial charge in [0.2, 0.25) is 0 Å². The third kappa shape index (κ3) is 4.16. The van der Waals surface area contributed by atoms with Gasteiger partial charge in [0.25, 0.3) is 11.8 Å². The van der Waals surface area contributed by atoms with Crippen molar-refractivity contribution in [3.63, 3.8) is 0 Å². The number of carbonyl (C=O) groups is 2. The fourth-order valence-corrected chi connectivity index (χ4v) is 4.74. The van der Waals surface area contributed by atoms with Crippen molar-refractivity contribution in [2.75, 3.05) is 10.6 Å². The van der Waals surface area contributed by atoms with Crippen LogP contribution in [-0.2, 0) is 0 Å². The Morgan fingerprint density at radius 2 is 1.81 bits per heavy atom. The Balaban J connectivity index is 1.25. The van der Waals surface area contributed by atoms with Crippen LogP contribution in [0.4, 0.5) is 11.7 Å². The Hall–Kier alpha value is -3.82. The molecule has 2 aromatic carbocycles. The average Bonchev–Trinajstić information content (AvgIpc) is 3.54. The lowest BCUT2D eigenvalue weighted by molar-refractivity contribution is 0.101. The van der Waals surface area contributed by atoms with E-state index in [0.29, 0.717) is 10.6 Å². The molecule has 2 N–H and O–H groups in total. The molecule has 158 valence electrons. The van der Waals surface area contributed by atoms with Gasteiger partial charge in [0.05, 0.1) is 15.1 Å². The molecule has 0 fully saturated rings. The molecule has 0 unspecified atom stereocenters. The molecule has 0 saturated carbocycles. The van der Waals surface area contributed by atoms with Crippen molar-refractivity contribution in [3.05, 3.63) is 82.4 Å². The van der Waals surface area contributed by atoms with Gasteiger partial charge in [0, 0.05) is 11.3 Å². The Morgan fingerprint density at radius 3 is 2.59 bits per heavy atom. The number of fused-ring (bicyclic) bond motifs is 1. The van der Waals surface area contributed by atoms with E-state index in [4.69, 9.17) is 4.42 Å². The third-order valence-electron chi connectivity index (χ3n) is 4.64. The third-order valence-corrected chi connectivity index (χ3v) is 6.57. The van der Waals surface area contributed by atoms with Gasteiger partial charge in [-0.3, -0.25) is 14.9 Å². The minimum atomic E-state index is -0.436. The maximum Gasteiger partial charge on any atom is 0.302 e. The van der Waals surface area contributed by atoms with Crippen molar-refractivity contribution < 1.29 is 14.0 Å². The second kappa shape index (κ2) is 8.37. The molecule has 5 aromatic rings. The molecule has 2 amide bonds. The topological polar surface area (TPSA) is 97.1 Å². The zero-order valence-corrected chi connectivity index (χ0v) is 18.4. The average molecular weight is 461 g/mol. The molecule has 32 heavy (non-hydrogen) atoms. The number of oxazole rings is 1. The second-order valence-corrected chi connectivity index (χ2v) is 8.97. The second-order valence-electron chi connectivity index (χ2n) is 6.99. The lowest BCUT2D eigenvalue weighted by Crippen LogP contribution is -2.13. The molecular formula is C23H16N4O3S2. The van der Waals surface area contributed by atoms with Crippen molar-refractivity contribution in [1.82, 2.24) is 9.97 Å². The highest BCUT2D eigenvalue weighted by Gasteiger charge is 2.16. The highest BCUT2D eigenvalue weighted by molar-refractivity contribution is 7.21. The van der Waals surface area contributed by atoms with E-state index in [1.807, 2.05) is 36.4 Å². The van der Waals surface area contributed by atoms with Crippen LogP contribution in [0.2, 0.25) is 0 Å². The summed E-state index contributed by atoms with van der Waals surface area (Å²) in [5, 5.41) is 8.03. The van der Waals surface area contributed by atoms with Gasteiger partial charge in [-0.1, -0.05) is 12.1 Å². The van der Waals surface area contributed by atoms with Crippen LogP contribution in [0, 0.1) is 6.92 Å². The van der Waals surface area contributed by atoms with Crippen LogP contribution >= 0.6 is 22.7 Å². The number of nitrogens with one attached hydrogen (secondary N) is 2. The summed E-state index contributed by atoms with van der Waals surface area (Å²) in [6.45, 7) is 2.06. The molecule has 0 aliphatic heterocycles. The molecule has 0 radical (unpaired) electrons. The number of benzene rings is 2. The molecular weight excluding hydrogens is 444 g/mol. The standard InChI is InChI=1S/C23H16N4O3S2/c1-13-4-9-16-19(11-13)32-22(25-16)14-5-7-15(8-6-14)24-20(28)17-12-30-23(26-17)27-21(29)18-3-2-10-31-18/h2-12H,1H3,(H,24,28)(H,26,27,29).